The zero-order chi connectivity index (χ0) is 7.56. The summed E-state index contributed by atoms with van der Waals surface area (Å²) in [4.78, 5) is 20.3. The van der Waals surface area contributed by atoms with Gasteiger partial charge >= 0.3 is 5.97 Å². The first-order valence-electron chi connectivity index (χ1n) is 2.38. The fraction of sp³-hybridized carbons (Fsp3) is 0. The molecular formula is C5H3NO3S. The number of nitrogens with zero attached hydrogens (tertiary/aromatic N) is 1. The number of rotatable bonds is 2. The molecule has 0 bridgehead atoms. The van der Waals surface area contributed by atoms with Crippen molar-refractivity contribution in [2.24, 2.45) is 0 Å². The van der Waals surface area contributed by atoms with Gasteiger partial charge in [0.1, 0.15) is 11.3 Å². The first-order valence-corrected chi connectivity index (χ1v) is 3.22. The third-order valence-electron chi connectivity index (χ3n) is 0.940. The van der Waals surface area contributed by atoms with Crippen molar-refractivity contribution < 1.29 is 14.7 Å². The molecule has 5 heteroatoms. The number of carbonyl (C=O) groups excluding carboxylic acids is 1. The maximum Gasteiger partial charge on any atom is 0.338 e. The van der Waals surface area contributed by atoms with E-state index in [1.165, 1.54) is 5.38 Å². The van der Waals surface area contributed by atoms with E-state index < -0.39 is 5.97 Å². The fourth-order valence-electron chi connectivity index (χ4n) is 0.490. The average molecular weight is 157 g/mol. The highest BCUT2D eigenvalue weighted by atomic mass is 32.1. The number of hydrogen-bond acceptors (Lipinski definition) is 4. The molecule has 1 N–H and O–H groups in total. The van der Waals surface area contributed by atoms with Gasteiger partial charge in [-0.3, -0.25) is 4.79 Å². The Hall–Kier alpha value is -1.23. The summed E-state index contributed by atoms with van der Waals surface area (Å²) in [5.74, 6) is -1.11. The van der Waals surface area contributed by atoms with Crippen LogP contribution in [0.1, 0.15) is 20.8 Å². The predicted octanol–water partition coefficient (Wildman–Crippen LogP) is 0.654. The zero-order valence-electron chi connectivity index (χ0n) is 4.77. The third kappa shape index (κ3) is 1.03. The fourth-order valence-corrected chi connectivity index (χ4v) is 1.12. The molecule has 0 fully saturated rings. The van der Waals surface area contributed by atoms with E-state index in [9.17, 15) is 9.59 Å². The molecule has 10 heavy (non-hydrogen) atoms. The smallest absolute Gasteiger partial charge is 0.338 e. The van der Waals surface area contributed by atoms with Gasteiger partial charge < -0.3 is 5.11 Å². The van der Waals surface area contributed by atoms with Gasteiger partial charge in [-0.2, -0.15) is 4.37 Å². The Morgan fingerprint density at radius 2 is 2.50 bits per heavy atom. The van der Waals surface area contributed by atoms with Crippen molar-refractivity contribution >= 4 is 23.8 Å². The van der Waals surface area contributed by atoms with Gasteiger partial charge in [0.05, 0.1) is 0 Å². The molecule has 0 spiro atoms. The molecule has 1 heterocycles. The van der Waals surface area contributed by atoms with Crippen LogP contribution in [0, 0.1) is 0 Å². The van der Waals surface area contributed by atoms with E-state index in [4.69, 9.17) is 5.11 Å². The lowest BCUT2D eigenvalue weighted by atomic mass is 10.3. The molecule has 1 aromatic rings. The second kappa shape index (κ2) is 2.57. The van der Waals surface area contributed by atoms with Crippen molar-refractivity contribution in [3.63, 3.8) is 0 Å². The Morgan fingerprint density at radius 1 is 1.80 bits per heavy atom. The van der Waals surface area contributed by atoms with Gasteiger partial charge in [-0.25, -0.2) is 4.79 Å². The highest BCUT2D eigenvalue weighted by molar-refractivity contribution is 7.04. The maximum atomic E-state index is 10.2. The summed E-state index contributed by atoms with van der Waals surface area (Å²) in [7, 11) is 0. The van der Waals surface area contributed by atoms with E-state index in [-0.39, 0.29) is 11.3 Å². The van der Waals surface area contributed by atoms with Crippen molar-refractivity contribution in [3.05, 3.63) is 16.6 Å². The molecular weight excluding hydrogens is 154 g/mol. The quantitative estimate of drug-likeness (QED) is 0.640. The van der Waals surface area contributed by atoms with E-state index in [1.807, 2.05) is 0 Å². The van der Waals surface area contributed by atoms with Gasteiger partial charge in [-0.1, -0.05) is 0 Å². The van der Waals surface area contributed by atoms with Crippen molar-refractivity contribution in [3.8, 4) is 0 Å². The molecule has 0 aliphatic rings. The van der Waals surface area contributed by atoms with E-state index in [0.717, 1.165) is 11.5 Å². The van der Waals surface area contributed by atoms with Gasteiger partial charge in [0, 0.05) is 5.38 Å². The third-order valence-corrected chi connectivity index (χ3v) is 1.58. The van der Waals surface area contributed by atoms with Crippen LogP contribution in [-0.2, 0) is 0 Å². The van der Waals surface area contributed by atoms with Crippen molar-refractivity contribution in [2.45, 2.75) is 0 Å². The number of aldehydes is 1. The minimum absolute atomic E-state index is 0.00231. The minimum atomic E-state index is -1.11. The molecule has 0 amide bonds. The Morgan fingerprint density at radius 3 is 2.90 bits per heavy atom. The van der Waals surface area contributed by atoms with E-state index in [0.29, 0.717) is 6.29 Å². The normalized spacial score (nSPS) is 9.20. The van der Waals surface area contributed by atoms with Crippen LogP contribution in [0.15, 0.2) is 5.38 Å². The Balaban J connectivity index is 3.13. The van der Waals surface area contributed by atoms with E-state index in [2.05, 4.69) is 4.37 Å². The summed E-state index contributed by atoms with van der Waals surface area (Å²) >= 11 is 0.957. The summed E-state index contributed by atoms with van der Waals surface area (Å²) in [5.41, 5.74) is -0.0301. The predicted molar refractivity (Wildman–Crippen MR) is 34.5 cm³/mol. The maximum absolute atomic E-state index is 10.2. The standard InChI is InChI=1S/C5H3NO3S/c7-1-4-3(5(8)9)2-10-6-4/h1-2H,(H,8,9). The first-order chi connectivity index (χ1) is 4.75. The van der Waals surface area contributed by atoms with Crippen LogP contribution in [0.3, 0.4) is 0 Å². The summed E-state index contributed by atoms with van der Waals surface area (Å²) in [5, 5.41) is 9.72. The highest BCUT2D eigenvalue weighted by Crippen LogP contribution is 2.07. The number of aromatic nitrogens is 1. The second-order valence-corrected chi connectivity index (χ2v) is 2.17. The Kier molecular flexibility index (Phi) is 1.77. The van der Waals surface area contributed by atoms with Crippen LogP contribution in [0.4, 0.5) is 0 Å². The molecule has 0 saturated heterocycles. The van der Waals surface area contributed by atoms with Crippen molar-refractivity contribution in [1.82, 2.24) is 4.37 Å². The number of carboxylic acids is 1. The van der Waals surface area contributed by atoms with Crippen LogP contribution in [0.2, 0.25) is 0 Å². The van der Waals surface area contributed by atoms with Gasteiger partial charge in [0.15, 0.2) is 6.29 Å². The number of hydrogen-bond donors (Lipinski definition) is 1. The zero-order valence-corrected chi connectivity index (χ0v) is 5.59. The second-order valence-electron chi connectivity index (χ2n) is 1.54. The summed E-state index contributed by atoms with van der Waals surface area (Å²) in [6.45, 7) is 0. The van der Waals surface area contributed by atoms with Gasteiger partial charge in [-0.15, -0.1) is 0 Å². The SMILES string of the molecule is O=Cc1nscc1C(=O)O. The molecule has 0 aromatic carbocycles. The van der Waals surface area contributed by atoms with E-state index in [1.54, 1.807) is 0 Å². The lowest BCUT2D eigenvalue weighted by Crippen LogP contribution is -1.98. The Labute approximate surface area is 60.3 Å². The molecule has 0 aliphatic carbocycles. The molecule has 0 saturated carbocycles. The topological polar surface area (TPSA) is 67.3 Å². The van der Waals surface area contributed by atoms with Crippen LogP contribution in [0.25, 0.3) is 0 Å². The molecule has 0 atom stereocenters. The van der Waals surface area contributed by atoms with Crippen LogP contribution in [-0.4, -0.2) is 21.7 Å². The highest BCUT2D eigenvalue weighted by Gasteiger charge is 2.10. The van der Waals surface area contributed by atoms with Crippen LogP contribution in [0.5, 0.6) is 0 Å². The summed E-state index contributed by atoms with van der Waals surface area (Å²) in [6.07, 6.45) is 0.431. The largest absolute Gasteiger partial charge is 0.478 e. The van der Waals surface area contributed by atoms with Gasteiger partial charge in [0.25, 0.3) is 0 Å². The molecule has 0 aliphatic heterocycles. The monoisotopic (exact) mass is 157 g/mol. The number of carboxylic acid groups (broad SMARTS) is 1. The van der Waals surface area contributed by atoms with Gasteiger partial charge in [0.2, 0.25) is 0 Å². The van der Waals surface area contributed by atoms with Gasteiger partial charge in [-0.05, 0) is 11.5 Å². The molecule has 4 nitrogen and oxygen atoms in total. The molecule has 1 aromatic heterocycles. The number of carbonyl (C=O) groups is 2. The molecule has 0 unspecified atom stereocenters. The van der Waals surface area contributed by atoms with E-state index >= 15 is 0 Å². The first kappa shape index (κ1) is 6.88. The summed E-state index contributed by atoms with van der Waals surface area (Å²) in [6, 6.07) is 0. The average Bonchev–Trinajstić information content (AvgIpc) is 2.33. The van der Waals surface area contributed by atoms with Crippen LogP contribution < -0.4 is 0 Å². The summed E-state index contributed by atoms with van der Waals surface area (Å²) < 4.78 is 3.55. The lowest BCUT2D eigenvalue weighted by Gasteiger charge is -1.83. The lowest BCUT2D eigenvalue weighted by molar-refractivity contribution is 0.0694. The molecule has 0 radical (unpaired) electrons. The number of aromatic carboxylic acids is 1. The molecule has 1 rings (SSSR count). The van der Waals surface area contributed by atoms with Crippen molar-refractivity contribution in [2.75, 3.05) is 0 Å². The van der Waals surface area contributed by atoms with Crippen molar-refractivity contribution in [1.29, 1.82) is 0 Å². The molecule has 52 valence electrons. The minimum Gasteiger partial charge on any atom is -0.478 e. The Bertz CT molecular complexity index is 268. The van der Waals surface area contributed by atoms with Crippen LogP contribution >= 0.6 is 11.5 Å².